The molecule has 0 rings (SSSR count). The molecule has 6 nitrogen and oxygen atoms in total. The summed E-state index contributed by atoms with van der Waals surface area (Å²) in [5.74, 6) is 1.65. The molecule has 122 valence electrons. The molecule has 0 aromatic carbocycles. The average molecular weight is 330 g/mol. The highest BCUT2D eigenvalue weighted by Gasteiger charge is 2.14. The summed E-state index contributed by atoms with van der Waals surface area (Å²) in [5, 5.41) is 36.3. The summed E-state index contributed by atoms with van der Waals surface area (Å²) < 4.78 is 10.4. The molecular formula is C12H26O6S2. The maximum absolute atomic E-state index is 9.36. The van der Waals surface area contributed by atoms with Crippen LogP contribution in [0.25, 0.3) is 0 Å². The van der Waals surface area contributed by atoms with Crippen molar-refractivity contribution in [1.29, 1.82) is 0 Å². The van der Waals surface area contributed by atoms with Crippen LogP contribution in [0.5, 0.6) is 0 Å². The smallest absolute Gasteiger partial charge is 0.0861 e. The Kier molecular flexibility index (Phi) is 14.7. The Labute approximate surface area is 128 Å². The quantitative estimate of drug-likeness (QED) is 0.307. The van der Waals surface area contributed by atoms with E-state index in [0.717, 1.165) is 5.75 Å². The predicted molar refractivity (Wildman–Crippen MR) is 82.5 cm³/mol. The Bertz CT molecular complexity index is 210. The lowest BCUT2D eigenvalue weighted by Crippen LogP contribution is -2.23. The molecule has 0 aromatic heterocycles. The highest BCUT2D eigenvalue weighted by atomic mass is 32.2. The lowest BCUT2D eigenvalue weighted by Gasteiger charge is -2.18. The van der Waals surface area contributed by atoms with Crippen LogP contribution < -0.4 is 0 Å². The van der Waals surface area contributed by atoms with E-state index in [9.17, 15) is 10.2 Å². The molecular weight excluding hydrogens is 304 g/mol. The fourth-order valence-corrected chi connectivity index (χ4v) is 3.53. The van der Waals surface area contributed by atoms with Crippen LogP contribution in [0.4, 0.5) is 0 Å². The molecule has 0 bridgehead atoms. The van der Waals surface area contributed by atoms with E-state index in [4.69, 9.17) is 19.7 Å². The van der Waals surface area contributed by atoms with Crippen LogP contribution in [0.15, 0.2) is 0 Å². The Morgan fingerprint density at radius 3 is 2.20 bits per heavy atom. The zero-order valence-corrected chi connectivity index (χ0v) is 13.4. The summed E-state index contributed by atoms with van der Waals surface area (Å²) in [4.78, 5) is 0. The Morgan fingerprint density at radius 2 is 1.60 bits per heavy atom. The van der Waals surface area contributed by atoms with E-state index in [1.165, 1.54) is 23.5 Å². The fraction of sp³-hybridized carbons (Fsp3) is 1.00. The monoisotopic (exact) mass is 330 g/mol. The zero-order chi connectivity index (χ0) is 15.2. The Balaban J connectivity index is 3.90. The molecule has 3 unspecified atom stereocenters. The van der Waals surface area contributed by atoms with Gasteiger partial charge in [-0.2, -0.15) is 23.5 Å². The Hall–Kier alpha value is 0.460. The first kappa shape index (κ1) is 20.5. The van der Waals surface area contributed by atoms with Gasteiger partial charge in [0.1, 0.15) is 0 Å². The van der Waals surface area contributed by atoms with Gasteiger partial charge < -0.3 is 29.9 Å². The maximum Gasteiger partial charge on any atom is 0.0861 e. The molecule has 0 amide bonds. The number of rotatable bonds is 14. The van der Waals surface area contributed by atoms with Gasteiger partial charge in [-0.3, -0.25) is 0 Å². The highest BCUT2D eigenvalue weighted by molar-refractivity contribution is 8.03. The van der Waals surface area contributed by atoms with E-state index in [1.807, 2.05) is 0 Å². The number of ether oxygens (including phenoxy) is 2. The summed E-state index contributed by atoms with van der Waals surface area (Å²) in [6.45, 7) is 1.08. The van der Waals surface area contributed by atoms with Crippen molar-refractivity contribution < 1.29 is 29.9 Å². The average Bonchev–Trinajstić information content (AvgIpc) is 2.47. The normalized spacial score (nSPS) is 16.1. The van der Waals surface area contributed by atoms with Gasteiger partial charge in [-0.05, 0) is 0 Å². The first-order valence-electron chi connectivity index (χ1n) is 6.47. The highest BCUT2D eigenvalue weighted by Crippen LogP contribution is 2.19. The number of aliphatic hydroxyl groups excluding tert-OH is 4. The molecule has 4 N–H and O–H groups in total. The SMILES string of the molecule is COCCOCC(CSCC(O)CO)SCC(O)CO. The third kappa shape index (κ3) is 12.2. The second-order valence-corrected chi connectivity index (χ2v) is 6.64. The van der Waals surface area contributed by atoms with E-state index < -0.39 is 12.2 Å². The summed E-state index contributed by atoms with van der Waals surface area (Å²) >= 11 is 3.06. The second-order valence-electron chi connectivity index (χ2n) is 4.23. The van der Waals surface area contributed by atoms with Crippen molar-refractivity contribution in [2.75, 3.05) is 57.4 Å². The van der Waals surface area contributed by atoms with Gasteiger partial charge in [-0.15, -0.1) is 0 Å². The molecule has 0 radical (unpaired) electrons. The van der Waals surface area contributed by atoms with E-state index >= 15 is 0 Å². The van der Waals surface area contributed by atoms with Crippen LogP contribution in [0.3, 0.4) is 0 Å². The molecule has 3 atom stereocenters. The minimum absolute atomic E-state index is 0.156. The molecule has 0 saturated carbocycles. The van der Waals surface area contributed by atoms with Crippen LogP contribution in [0.2, 0.25) is 0 Å². The van der Waals surface area contributed by atoms with Gasteiger partial charge in [0.25, 0.3) is 0 Å². The number of aliphatic hydroxyl groups is 4. The van der Waals surface area contributed by atoms with Gasteiger partial charge >= 0.3 is 0 Å². The van der Waals surface area contributed by atoms with Crippen molar-refractivity contribution in [3.8, 4) is 0 Å². The number of methoxy groups -OCH3 is 1. The summed E-state index contributed by atoms with van der Waals surface area (Å²) in [5.41, 5.74) is 0. The van der Waals surface area contributed by atoms with Gasteiger partial charge in [0.15, 0.2) is 0 Å². The molecule has 0 saturated heterocycles. The lowest BCUT2D eigenvalue weighted by molar-refractivity contribution is 0.0727. The van der Waals surface area contributed by atoms with Crippen molar-refractivity contribution in [1.82, 2.24) is 0 Å². The summed E-state index contributed by atoms with van der Waals surface area (Å²) in [6, 6.07) is 0. The third-order valence-corrected chi connectivity index (χ3v) is 5.12. The van der Waals surface area contributed by atoms with Gasteiger partial charge in [0, 0.05) is 29.6 Å². The first-order chi connectivity index (χ1) is 9.63. The van der Waals surface area contributed by atoms with Crippen LogP contribution in [-0.2, 0) is 9.47 Å². The molecule has 20 heavy (non-hydrogen) atoms. The summed E-state index contributed by atoms with van der Waals surface area (Å²) in [7, 11) is 1.61. The second kappa shape index (κ2) is 14.4. The molecule has 0 spiro atoms. The Morgan fingerprint density at radius 1 is 0.950 bits per heavy atom. The third-order valence-electron chi connectivity index (χ3n) is 2.30. The van der Waals surface area contributed by atoms with E-state index in [2.05, 4.69) is 0 Å². The van der Waals surface area contributed by atoms with Crippen molar-refractivity contribution in [2.24, 2.45) is 0 Å². The van der Waals surface area contributed by atoms with E-state index in [-0.39, 0.29) is 18.5 Å². The standard InChI is InChI=1S/C12H26O6S2/c1-17-2-3-18-6-12(20-8-11(16)5-14)9-19-7-10(15)4-13/h10-16H,2-9H2,1H3. The first-order valence-corrected chi connectivity index (χ1v) is 8.68. The number of hydrogen-bond acceptors (Lipinski definition) is 8. The maximum atomic E-state index is 9.36. The molecule has 0 aliphatic heterocycles. The molecule has 0 aromatic rings. The molecule has 0 aliphatic carbocycles. The zero-order valence-electron chi connectivity index (χ0n) is 11.8. The van der Waals surface area contributed by atoms with Gasteiger partial charge in [0.05, 0.1) is 45.2 Å². The predicted octanol–water partition coefficient (Wildman–Crippen LogP) is -0.809. The van der Waals surface area contributed by atoms with E-state index in [0.29, 0.717) is 31.3 Å². The lowest BCUT2D eigenvalue weighted by atomic mass is 10.4. The minimum atomic E-state index is -0.727. The van der Waals surface area contributed by atoms with Crippen LogP contribution in [-0.4, -0.2) is 95.3 Å². The van der Waals surface area contributed by atoms with Gasteiger partial charge in [-0.25, -0.2) is 0 Å². The number of hydrogen-bond donors (Lipinski definition) is 4. The molecule has 0 heterocycles. The molecule has 8 heteroatoms. The van der Waals surface area contributed by atoms with Crippen molar-refractivity contribution in [2.45, 2.75) is 17.5 Å². The summed E-state index contributed by atoms with van der Waals surface area (Å²) in [6.07, 6.45) is -1.43. The number of thioether (sulfide) groups is 2. The fourth-order valence-electron chi connectivity index (χ4n) is 1.19. The largest absolute Gasteiger partial charge is 0.394 e. The van der Waals surface area contributed by atoms with E-state index in [1.54, 1.807) is 7.11 Å². The van der Waals surface area contributed by atoms with Crippen LogP contribution >= 0.6 is 23.5 Å². The van der Waals surface area contributed by atoms with Crippen molar-refractivity contribution >= 4 is 23.5 Å². The molecule has 0 aliphatic rings. The van der Waals surface area contributed by atoms with Crippen LogP contribution in [0, 0.1) is 0 Å². The van der Waals surface area contributed by atoms with Gasteiger partial charge in [-0.1, -0.05) is 0 Å². The van der Waals surface area contributed by atoms with Crippen LogP contribution in [0.1, 0.15) is 0 Å². The van der Waals surface area contributed by atoms with Gasteiger partial charge in [0.2, 0.25) is 0 Å². The van der Waals surface area contributed by atoms with Crippen molar-refractivity contribution in [3.05, 3.63) is 0 Å². The molecule has 0 fully saturated rings. The van der Waals surface area contributed by atoms with Crippen molar-refractivity contribution in [3.63, 3.8) is 0 Å². The minimum Gasteiger partial charge on any atom is -0.394 e. The topological polar surface area (TPSA) is 99.4 Å².